The molecule has 0 bridgehead atoms. The van der Waals surface area contributed by atoms with Gasteiger partial charge in [-0.2, -0.15) is 5.10 Å². The monoisotopic (exact) mass is 336 g/mol. The van der Waals surface area contributed by atoms with Crippen molar-refractivity contribution in [3.63, 3.8) is 0 Å². The molecule has 1 aliphatic rings. The highest BCUT2D eigenvalue weighted by atomic mass is 16.2. The third kappa shape index (κ3) is 2.93. The molecule has 1 saturated heterocycles. The number of aryl methyl sites for hydroxylation is 1. The molecular formula is C18H20N6O. The van der Waals surface area contributed by atoms with Crippen LogP contribution in [-0.4, -0.2) is 48.4 Å². The molecule has 4 rings (SSSR count). The van der Waals surface area contributed by atoms with Gasteiger partial charge in [-0.25, -0.2) is 4.68 Å². The molecule has 1 atom stereocenters. The fourth-order valence-electron chi connectivity index (χ4n) is 3.44. The molecule has 1 aromatic carbocycles. The van der Waals surface area contributed by atoms with Gasteiger partial charge in [0.25, 0.3) is 5.91 Å². The molecule has 7 nitrogen and oxygen atoms in total. The zero-order valence-corrected chi connectivity index (χ0v) is 14.1. The Morgan fingerprint density at radius 3 is 2.80 bits per heavy atom. The highest BCUT2D eigenvalue weighted by molar-refractivity contribution is 5.93. The van der Waals surface area contributed by atoms with Gasteiger partial charge in [-0.1, -0.05) is 18.2 Å². The third-order valence-electron chi connectivity index (χ3n) is 4.68. The summed E-state index contributed by atoms with van der Waals surface area (Å²) in [7, 11) is 1.95. The number of amides is 1. The summed E-state index contributed by atoms with van der Waals surface area (Å²) in [5.74, 6) is 1.17. The Kier molecular flexibility index (Phi) is 4.05. The standard InChI is InChI=1S/C18H20N6O/c1-22-13-19-21-17(22)14-6-5-11-23(12-14)18(25)16-9-10-20-24(16)15-7-3-2-4-8-15/h2-4,7-10,13-14H,5-6,11-12H2,1H3. The van der Waals surface area contributed by atoms with Crippen LogP contribution in [0.2, 0.25) is 0 Å². The lowest BCUT2D eigenvalue weighted by Gasteiger charge is -2.32. The van der Waals surface area contributed by atoms with Crippen molar-refractivity contribution in [1.29, 1.82) is 0 Å². The average Bonchev–Trinajstić information content (AvgIpc) is 3.31. The lowest BCUT2D eigenvalue weighted by molar-refractivity contribution is 0.0694. The third-order valence-corrected chi connectivity index (χ3v) is 4.68. The van der Waals surface area contributed by atoms with Gasteiger partial charge < -0.3 is 9.47 Å². The highest BCUT2D eigenvalue weighted by Crippen LogP contribution is 2.26. The highest BCUT2D eigenvalue weighted by Gasteiger charge is 2.29. The predicted octanol–water partition coefficient (Wildman–Crippen LogP) is 2.02. The maximum absolute atomic E-state index is 13.1. The van der Waals surface area contributed by atoms with E-state index < -0.39 is 0 Å². The van der Waals surface area contributed by atoms with E-state index in [0.717, 1.165) is 30.9 Å². The Bertz CT molecular complexity index is 869. The molecule has 7 heteroatoms. The van der Waals surface area contributed by atoms with E-state index in [4.69, 9.17) is 0 Å². The summed E-state index contributed by atoms with van der Waals surface area (Å²) in [6, 6.07) is 11.5. The van der Waals surface area contributed by atoms with Gasteiger partial charge >= 0.3 is 0 Å². The van der Waals surface area contributed by atoms with Gasteiger partial charge in [-0.3, -0.25) is 4.79 Å². The molecule has 128 valence electrons. The molecule has 1 amide bonds. The molecule has 25 heavy (non-hydrogen) atoms. The van der Waals surface area contributed by atoms with E-state index >= 15 is 0 Å². The van der Waals surface area contributed by atoms with E-state index in [1.54, 1.807) is 23.3 Å². The van der Waals surface area contributed by atoms with Crippen molar-refractivity contribution >= 4 is 5.91 Å². The quantitative estimate of drug-likeness (QED) is 0.734. The molecule has 1 aliphatic heterocycles. The van der Waals surface area contributed by atoms with Crippen LogP contribution in [-0.2, 0) is 7.05 Å². The van der Waals surface area contributed by atoms with Crippen molar-refractivity contribution in [3.8, 4) is 5.69 Å². The van der Waals surface area contributed by atoms with E-state index in [1.807, 2.05) is 46.8 Å². The van der Waals surface area contributed by atoms with Crippen molar-refractivity contribution in [2.75, 3.05) is 13.1 Å². The Hall–Kier alpha value is -2.96. The van der Waals surface area contributed by atoms with Crippen molar-refractivity contribution in [2.45, 2.75) is 18.8 Å². The van der Waals surface area contributed by atoms with Crippen LogP contribution >= 0.6 is 0 Å². The first-order valence-corrected chi connectivity index (χ1v) is 8.46. The normalized spacial score (nSPS) is 17.6. The number of hydrogen-bond acceptors (Lipinski definition) is 4. The number of rotatable bonds is 3. The summed E-state index contributed by atoms with van der Waals surface area (Å²) >= 11 is 0. The summed E-state index contributed by atoms with van der Waals surface area (Å²) < 4.78 is 3.64. The topological polar surface area (TPSA) is 68.8 Å². The Morgan fingerprint density at radius 2 is 2.04 bits per heavy atom. The van der Waals surface area contributed by atoms with Crippen LogP contribution in [0.4, 0.5) is 0 Å². The Morgan fingerprint density at radius 1 is 1.20 bits per heavy atom. The van der Waals surface area contributed by atoms with E-state index in [0.29, 0.717) is 12.2 Å². The lowest BCUT2D eigenvalue weighted by Crippen LogP contribution is -2.40. The zero-order chi connectivity index (χ0) is 17.2. The molecule has 3 heterocycles. The number of piperidine rings is 1. The van der Waals surface area contributed by atoms with Crippen molar-refractivity contribution in [3.05, 3.63) is 60.4 Å². The maximum atomic E-state index is 13.1. The largest absolute Gasteiger partial charge is 0.337 e. The van der Waals surface area contributed by atoms with Gasteiger partial charge in [0.05, 0.1) is 11.9 Å². The molecule has 2 aromatic heterocycles. The molecule has 0 radical (unpaired) electrons. The van der Waals surface area contributed by atoms with Crippen LogP contribution in [0.1, 0.15) is 35.1 Å². The smallest absolute Gasteiger partial charge is 0.272 e. The molecular weight excluding hydrogens is 316 g/mol. The first-order chi connectivity index (χ1) is 12.2. The van der Waals surface area contributed by atoms with Gasteiger partial charge in [0, 0.05) is 26.1 Å². The minimum atomic E-state index is 0.00761. The SMILES string of the molecule is Cn1cnnc1C1CCCN(C(=O)c2ccnn2-c2ccccc2)C1. The van der Waals surface area contributed by atoms with Gasteiger partial charge in [-0.15, -0.1) is 10.2 Å². The fraction of sp³-hybridized carbons (Fsp3) is 0.333. The van der Waals surface area contributed by atoms with Crippen LogP contribution in [0, 0.1) is 0 Å². The number of hydrogen-bond donors (Lipinski definition) is 0. The van der Waals surface area contributed by atoms with Crippen LogP contribution in [0.5, 0.6) is 0 Å². The maximum Gasteiger partial charge on any atom is 0.272 e. The van der Waals surface area contributed by atoms with Gasteiger partial charge in [0.15, 0.2) is 0 Å². The van der Waals surface area contributed by atoms with Crippen LogP contribution in [0.15, 0.2) is 48.9 Å². The molecule has 1 fully saturated rings. The lowest BCUT2D eigenvalue weighted by atomic mass is 9.97. The molecule has 1 unspecified atom stereocenters. The number of para-hydroxylation sites is 1. The summed E-state index contributed by atoms with van der Waals surface area (Å²) in [5, 5.41) is 12.5. The fourth-order valence-corrected chi connectivity index (χ4v) is 3.44. The number of carbonyl (C=O) groups is 1. The zero-order valence-electron chi connectivity index (χ0n) is 14.1. The van der Waals surface area contributed by atoms with Crippen LogP contribution in [0.3, 0.4) is 0 Å². The summed E-state index contributed by atoms with van der Waals surface area (Å²) in [6.45, 7) is 1.42. The van der Waals surface area contributed by atoms with Crippen molar-refractivity contribution < 1.29 is 4.79 Å². The minimum Gasteiger partial charge on any atom is -0.337 e. The summed E-state index contributed by atoms with van der Waals surface area (Å²) in [6.07, 6.45) is 5.36. The average molecular weight is 336 g/mol. The van der Waals surface area contributed by atoms with E-state index in [9.17, 15) is 4.79 Å². The first kappa shape index (κ1) is 15.6. The predicted molar refractivity (Wildman–Crippen MR) is 92.4 cm³/mol. The number of benzene rings is 1. The Balaban J connectivity index is 1.58. The van der Waals surface area contributed by atoms with Crippen molar-refractivity contribution in [2.24, 2.45) is 7.05 Å². The first-order valence-electron chi connectivity index (χ1n) is 8.46. The van der Waals surface area contributed by atoms with Gasteiger partial charge in [0.1, 0.15) is 17.8 Å². The summed E-state index contributed by atoms with van der Waals surface area (Å²) in [4.78, 5) is 15.0. The molecule has 3 aromatic rings. The number of carbonyl (C=O) groups excluding carboxylic acids is 1. The van der Waals surface area contributed by atoms with Crippen molar-refractivity contribution in [1.82, 2.24) is 29.4 Å². The second-order valence-electron chi connectivity index (χ2n) is 6.35. The Labute approximate surface area is 145 Å². The van der Waals surface area contributed by atoms with E-state index in [-0.39, 0.29) is 11.8 Å². The van der Waals surface area contributed by atoms with Crippen LogP contribution < -0.4 is 0 Å². The molecule has 0 aliphatic carbocycles. The minimum absolute atomic E-state index is 0.00761. The molecule has 0 saturated carbocycles. The number of likely N-dealkylation sites (tertiary alicyclic amines) is 1. The second kappa shape index (κ2) is 6.51. The van der Waals surface area contributed by atoms with Crippen LogP contribution in [0.25, 0.3) is 5.69 Å². The van der Waals surface area contributed by atoms with E-state index in [1.165, 1.54) is 0 Å². The molecule has 0 spiro atoms. The number of aromatic nitrogens is 5. The van der Waals surface area contributed by atoms with Gasteiger partial charge in [-0.05, 0) is 31.0 Å². The van der Waals surface area contributed by atoms with E-state index in [2.05, 4.69) is 15.3 Å². The summed E-state index contributed by atoms with van der Waals surface area (Å²) in [5.41, 5.74) is 1.47. The number of nitrogens with zero attached hydrogens (tertiary/aromatic N) is 6. The molecule has 0 N–H and O–H groups in total. The second-order valence-corrected chi connectivity index (χ2v) is 6.35. The van der Waals surface area contributed by atoms with Gasteiger partial charge in [0.2, 0.25) is 0 Å².